The van der Waals surface area contributed by atoms with Crippen LogP contribution >= 0.6 is 11.6 Å². The number of hydrogen-bond acceptors (Lipinski definition) is 5. The molecule has 16 heavy (non-hydrogen) atoms. The number of rotatable bonds is 8. The Morgan fingerprint density at radius 1 is 1.44 bits per heavy atom. The fourth-order valence-corrected chi connectivity index (χ4v) is 2.14. The maximum absolute atomic E-state index is 11.5. The van der Waals surface area contributed by atoms with Crippen LogP contribution in [0.15, 0.2) is 0 Å². The fourth-order valence-electron chi connectivity index (χ4n) is 0.929. The average molecular weight is 274 g/mol. The van der Waals surface area contributed by atoms with E-state index >= 15 is 0 Å². The predicted molar refractivity (Wildman–Crippen MR) is 59.7 cm³/mol. The van der Waals surface area contributed by atoms with Gasteiger partial charge in [-0.15, -0.1) is 11.6 Å². The van der Waals surface area contributed by atoms with Crippen LogP contribution < -0.4 is 0 Å². The van der Waals surface area contributed by atoms with Gasteiger partial charge < -0.3 is 9.47 Å². The van der Waals surface area contributed by atoms with E-state index in [2.05, 4.69) is 4.74 Å². The van der Waals surface area contributed by atoms with Crippen molar-refractivity contribution in [2.45, 2.75) is 6.92 Å². The van der Waals surface area contributed by atoms with E-state index in [-0.39, 0.29) is 26.3 Å². The molecule has 0 bridgehead atoms. The van der Waals surface area contributed by atoms with E-state index in [9.17, 15) is 13.2 Å². The number of esters is 1. The molecule has 6 nitrogen and oxygen atoms in total. The van der Waals surface area contributed by atoms with E-state index in [4.69, 9.17) is 16.3 Å². The van der Waals surface area contributed by atoms with Crippen LogP contribution in [0, 0.1) is 0 Å². The molecular weight excluding hydrogens is 258 g/mol. The standard InChI is InChI=1S/C8H16ClNO5S/c1-3-15-8(11)6-10(4-5-14-2)16(12,13)7-9/h3-7H2,1-2H3. The molecule has 96 valence electrons. The quantitative estimate of drug-likeness (QED) is 0.461. The van der Waals surface area contributed by atoms with Crippen LogP contribution in [0.5, 0.6) is 0 Å². The van der Waals surface area contributed by atoms with Crippen molar-refractivity contribution in [3.8, 4) is 0 Å². The van der Waals surface area contributed by atoms with E-state index in [0.29, 0.717) is 0 Å². The lowest BCUT2D eigenvalue weighted by Crippen LogP contribution is -2.39. The average Bonchev–Trinajstić information content (AvgIpc) is 2.24. The molecule has 8 heteroatoms. The number of alkyl halides is 1. The number of ether oxygens (including phenoxy) is 2. The van der Waals surface area contributed by atoms with Crippen molar-refractivity contribution in [3.05, 3.63) is 0 Å². The Kier molecular flexibility index (Phi) is 7.65. The minimum Gasteiger partial charge on any atom is -0.465 e. The van der Waals surface area contributed by atoms with Gasteiger partial charge in [-0.1, -0.05) is 0 Å². The molecule has 0 radical (unpaired) electrons. The Morgan fingerprint density at radius 3 is 2.50 bits per heavy atom. The van der Waals surface area contributed by atoms with Gasteiger partial charge >= 0.3 is 5.97 Å². The van der Waals surface area contributed by atoms with Gasteiger partial charge in [-0.05, 0) is 6.92 Å². The third kappa shape index (κ3) is 5.64. The fraction of sp³-hybridized carbons (Fsp3) is 0.875. The number of methoxy groups -OCH3 is 1. The molecule has 0 rings (SSSR count). The number of nitrogens with zero attached hydrogens (tertiary/aromatic N) is 1. The molecule has 0 N–H and O–H groups in total. The molecular formula is C8H16ClNO5S. The van der Waals surface area contributed by atoms with Gasteiger partial charge in [0.2, 0.25) is 10.0 Å². The van der Waals surface area contributed by atoms with Gasteiger partial charge in [-0.3, -0.25) is 4.79 Å². The molecule has 0 aromatic rings. The summed E-state index contributed by atoms with van der Waals surface area (Å²) >= 11 is 5.30. The first-order valence-electron chi connectivity index (χ1n) is 4.66. The molecule has 0 aliphatic carbocycles. The summed E-state index contributed by atoms with van der Waals surface area (Å²) in [6, 6.07) is 0. The molecule has 0 amide bonds. The molecule has 0 spiro atoms. The minimum atomic E-state index is -3.63. The normalized spacial score (nSPS) is 11.8. The van der Waals surface area contributed by atoms with Crippen LogP contribution in [0.2, 0.25) is 0 Å². The molecule has 0 aromatic heterocycles. The molecule has 0 aliphatic heterocycles. The zero-order valence-corrected chi connectivity index (χ0v) is 10.9. The maximum atomic E-state index is 11.5. The molecule has 0 unspecified atom stereocenters. The van der Waals surface area contributed by atoms with Crippen LogP contribution in [0.25, 0.3) is 0 Å². The van der Waals surface area contributed by atoms with Crippen molar-refractivity contribution in [2.24, 2.45) is 0 Å². The Morgan fingerprint density at radius 2 is 2.06 bits per heavy atom. The predicted octanol–water partition coefficient (Wildman–Crippen LogP) is 0.0240. The minimum absolute atomic E-state index is 0.0738. The molecule has 0 saturated carbocycles. The van der Waals surface area contributed by atoms with Crippen LogP contribution in [-0.4, -0.2) is 57.3 Å². The van der Waals surface area contributed by atoms with Crippen LogP contribution in [0.1, 0.15) is 6.92 Å². The number of hydrogen-bond donors (Lipinski definition) is 0. The van der Waals surface area contributed by atoms with Crippen LogP contribution in [-0.2, 0) is 24.3 Å². The summed E-state index contributed by atoms with van der Waals surface area (Å²) in [5, 5.41) is -0.573. The summed E-state index contributed by atoms with van der Waals surface area (Å²) in [6.45, 7) is 1.78. The van der Waals surface area contributed by atoms with E-state index in [1.165, 1.54) is 7.11 Å². The van der Waals surface area contributed by atoms with Gasteiger partial charge in [0, 0.05) is 13.7 Å². The van der Waals surface area contributed by atoms with Crippen LogP contribution in [0.3, 0.4) is 0 Å². The number of sulfonamides is 1. The summed E-state index contributed by atoms with van der Waals surface area (Å²) in [4.78, 5) is 11.2. The topological polar surface area (TPSA) is 72.9 Å². The van der Waals surface area contributed by atoms with Crippen molar-refractivity contribution in [1.29, 1.82) is 0 Å². The second-order valence-corrected chi connectivity index (χ2v) is 5.41. The Labute approximate surface area is 101 Å². The molecule has 0 saturated heterocycles. The Balaban J connectivity index is 4.49. The largest absolute Gasteiger partial charge is 0.465 e. The van der Waals surface area contributed by atoms with E-state index in [0.717, 1.165) is 4.31 Å². The monoisotopic (exact) mass is 273 g/mol. The summed E-state index contributed by atoms with van der Waals surface area (Å²) in [6.07, 6.45) is 0. The highest BCUT2D eigenvalue weighted by atomic mass is 35.5. The van der Waals surface area contributed by atoms with Gasteiger partial charge in [-0.2, -0.15) is 4.31 Å². The lowest BCUT2D eigenvalue weighted by molar-refractivity contribution is -0.143. The van der Waals surface area contributed by atoms with Crippen molar-refractivity contribution in [3.63, 3.8) is 0 Å². The van der Waals surface area contributed by atoms with Gasteiger partial charge in [0.1, 0.15) is 11.8 Å². The number of halogens is 1. The second kappa shape index (κ2) is 7.83. The van der Waals surface area contributed by atoms with Crippen molar-refractivity contribution < 1.29 is 22.7 Å². The van der Waals surface area contributed by atoms with Crippen molar-refractivity contribution >= 4 is 27.6 Å². The lowest BCUT2D eigenvalue weighted by atomic mass is 10.6. The van der Waals surface area contributed by atoms with E-state index in [1.807, 2.05) is 0 Å². The highest BCUT2D eigenvalue weighted by Gasteiger charge is 2.23. The first-order chi connectivity index (χ1) is 7.47. The smallest absolute Gasteiger partial charge is 0.321 e. The lowest BCUT2D eigenvalue weighted by Gasteiger charge is -2.19. The van der Waals surface area contributed by atoms with Gasteiger partial charge in [0.05, 0.1) is 13.2 Å². The zero-order valence-electron chi connectivity index (χ0n) is 9.31. The third-order valence-corrected chi connectivity index (χ3v) is 3.89. The van der Waals surface area contributed by atoms with E-state index in [1.54, 1.807) is 6.92 Å². The number of carbonyl (C=O) groups is 1. The third-order valence-electron chi connectivity index (χ3n) is 1.69. The highest BCUT2D eigenvalue weighted by Crippen LogP contribution is 2.04. The first-order valence-corrected chi connectivity index (χ1v) is 6.80. The van der Waals surface area contributed by atoms with E-state index < -0.39 is 21.2 Å². The first kappa shape index (κ1) is 15.6. The molecule has 0 heterocycles. The second-order valence-electron chi connectivity index (χ2n) is 2.85. The summed E-state index contributed by atoms with van der Waals surface area (Å²) < 4.78 is 33.3. The van der Waals surface area contributed by atoms with Gasteiger partial charge in [-0.25, -0.2) is 8.42 Å². The Bertz CT molecular complexity index is 306. The zero-order chi connectivity index (χ0) is 12.6. The van der Waals surface area contributed by atoms with Crippen molar-refractivity contribution in [2.75, 3.05) is 38.6 Å². The number of carbonyl (C=O) groups excluding carboxylic acids is 1. The van der Waals surface area contributed by atoms with Crippen LogP contribution in [0.4, 0.5) is 0 Å². The summed E-state index contributed by atoms with van der Waals surface area (Å²) in [7, 11) is -2.19. The Hall–Kier alpha value is -0.370. The van der Waals surface area contributed by atoms with Gasteiger partial charge in [0.15, 0.2) is 0 Å². The van der Waals surface area contributed by atoms with Gasteiger partial charge in [0.25, 0.3) is 0 Å². The molecule has 0 aliphatic rings. The highest BCUT2D eigenvalue weighted by molar-refractivity contribution is 7.90. The SMILES string of the molecule is CCOC(=O)CN(CCOC)S(=O)(=O)CCl. The summed E-state index contributed by atoms with van der Waals surface area (Å²) in [5.74, 6) is -0.604. The molecule has 0 atom stereocenters. The molecule has 0 aromatic carbocycles. The molecule has 0 fully saturated rings. The summed E-state index contributed by atoms with van der Waals surface area (Å²) in [5.41, 5.74) is 0. The van der Waals surface area contributed by atoms with Crippen molar-refractivity contribution in [1.82, 2.24) is 4.31 Å². The maximum Gasteiger partial charge on any atom is 0.321 e.